The van der Waals surface area contributed by atoms with E-state index in [1.807, 2.05) is 0 Å². The molecular weight excluding hydrogens is 387 g/mol. The Labute approximate surface area is 154 Å². The Morgan fingerprint density at radius 3 is 2.74 bits per heavy atom. The highest BCUT2D eigenvalue weighted by atomic mass is 32.1. The summed E-state index contributed by atoms with van der Waals surface area (Å²) in [6.45, 7) is -0.231. The van der Waals surface area contributed by atoms with Crippen molar-refractivity contribution in [3.05, 3.63) is 46.5 Å². The van der Waals surface area contributed by atoms with Crippen molar-refractivity contribution in [3.63, 3.8) is 0 Å². The highest BCUT2D eigenvalue weighted by Gasteiger charge is 2.57. The minimum absolute atomic E-state index is 0.0982. The third kappa shape index (κ3) is 3.57. The van der Waals surface area contributed by atoms with Crippen molar-refractivity contribution in [2.45, 2.75) is 18.2 Å². The number of nitrogens with one attached hydrogen (secondary N) is 1. The average Bonchev–Trinajstić information content (AvgIpc) is 3.18. The number of hydrogen-bond donors (Lipinski definition) is 2. The monoisotopic (exact) mass is 401 g/mol. The van der Waals surface area contributed by atoms with E-state index in [9.17, 15) is 28.4 Å². The molecule has 0 saturated heterocycles. The van der Waals surface area contributed by atoms with Gasteiger partial charge in [-0.15, -0.1) is 0 Å². The molecule has 3 rings (SSSR count). The van der Waals surface area contributed by atoms with Crippen molar-refractivity contribution in [1.29, 1.82) is 0 Å². The maximum atomic E-state index is 13.5. The van der Waals surface area contributed by atoms with E-state index < -0.39 is 28.9 Å². The van der Waals surface area contributed by atoms with Gasteiger partial charge in [-0.05, 0) is 6.07 Å². The van der Waals surface area contributed by atoms with Crippen molar-refractivity contribution in [3.8, 4) is 0 Å². The van der Waals surface area contributed by atoms with E-state index in [4.69, 9.17) is 0 Å². The number of nitrogens with zero attached hydrogens (tertiary/aromatic N) is 4. The van der Waals surface area contributed by atoms with E-state index in [1.165, 1.54) is 37.6 Å². The molecule has 8 nitrogen and oxygen atoms in total. The maximum absolute atomic E-state index is 13.5. The summed E-state index contributed by atoms with van der Waals surface area (Å²) in [7, 11) is 1.37. The van der Waals surface area contributed by atoms with Crippen LogP contribution in [-0.2, 0) is 12.6 Å². The summed E-state index contributed by atoms with van der Waals surface area (Å²) >= 11 is 1.08. The fourth-order valence-corrected chi connectivity index (χ4v) is 3.52. The van der Waals surface area contributed by atoms with E-state index in [-0.39, 0.29) is 12.2 Å². The first-order chi connectivity index (χ1) is 12.6. The van der Waals surface area contributed by atoms with E-state index in [0.29, 0.717) is 15.3 Å². The third-order valence-corrected chi connectivity index (χ3v) is 4.98. The topological polar surface area (TPSA) is 106 Å². The zero-order chi connectivity index (χ0) is 19.8. The molecule has 1 atom stereocenters. The second kappa shape index (κ2) is 6.78. The first-order valence-electron chi connectivity index (χ1n) is 7.67. The van der Waals surface area contributed by atoms with Crippen LogP contribution in [0.15, 0.2) is 30.6 Å². The van der Waals surface area contributed by atoms with Crippen LogP contribution in [0.4, 0.5) is 24.0 Å². The van der Waals surface area contributed by atoms with Crippen LogP contribution in [0.2, 0.25) is 0 Å². The van der Waals surface area contributed by atoms with Gasteiger partial charge in [0.25, 0.3) is 5.69 Å². The lowest BCUT2D eigenvalue weighted by molar-refractivity contribution is -0.384. The van der Waals surface area contributed by atoms with Crippen LogP contribution in [0.3, 0.4) is 0 Å². The Bertz CT molecular complexity index is 987. The molecule has 3 aromatic rings. The summed E-state index contributed by atoms with van der Waals surface area (Å²) < 4.78 is 42.0. The molecular formula is C15H14F3N5O3S. The normalized spacial score (nSPS) is 14.3. The van der Waals surface area contributed by atoms with Gasteiger partial charge in [0, 0.05) is 44.5 Å². The summed E-state index contributed by atoms with van der Waals surface area (Å²) in [4.78, 5) is 18.1. The number of hydrogen-bond acceptors (Lipinski definition) is 7. The van der Waals surface area contributed by atoms with Gasteiger partial charge in [0.05, 0.1) is 15.1 Å². The van der Waals surface area contributed by atoms with Crippen molar-refractivity contribution < 1.29 is 23.2 Å². The first kappa shape index (κ1) is 19.0. The van der Waals surface area contributed by atoms with Crippen molar-refractivity contribution in [2.24, 2.45) is 7.05 Å². The van der Waals surface area contributed by atoms with E-state index >= 15 is 0 Å². The molecule has 1 aromatic carbocycles. The smallest absolute Gasteiger partial charge is 0.374 e. The number of thiazole rings is 1. The summed E-state index contributed by atoms with van der Waals surface area (Å²) in [5, 5.41) is 24.1. The van der Waals surface area contributed by atoms with Crippen LogP contribution in [0, 0.1) is 10.1 Å². The molecule has 2 heterocycles. The standard InChI is InChI=1S/C15H14F3N5O3S/c1-22-7-6-19-12(22)14(24,15(16,17)18)4-5-20-13-21-10-3-2-9(23(25)26)8-11(10)27-13/h2-3,6-8,24H,4-5H2,1H3,(H,20,21). The molecule has 144 valence electrons. The van der Waals surface area contributed by atoms with Crippen LogP contribution in [0.25, 0.3) is 10.2 Å². The maximum Gasteiger partial charge on any atom is 0.424 e. The summed E-state index contributed by atoms with van der Waals surface area (Å²) in [6.07, 6.45) is -3.10. The zero-order valence-electron chi connectivity index (χ0n) is 13.9. The van der Waals surface area contributed by atoms with Crippen LogP contribution in [-0.4, -0.2) is 37.3 Å². The van der Waals surface area contributed by atoms with Gasteiger partial charge in [-0.3, -0.25) is 10.1 Å². The fraction of sp³-hybridized carbons (Fsp3) is 0.333. The number of halogens is 3. The second-order valence-electron chi connectivity index (χ2n) is 5.82. The van der Waals surface area contributed by atoms with Gasteiger partial charge in [-0.1, -0.05) is 11.3 Å². The molecule has 2 aromatic heterocycles. The SMILES string of the molecule is Cn1ccnc1C(O)(CCNc1nc2ccc([N+](=O)[O-])cc2s1)C(F)(F)F. The second-order valence-corrected chi connectivity index (χ2v) is 6.86. The highest BCUT2D eigenvalue weighted by molar-refractivity contribution is 7.22. The van der Waals surface area contributed by atoms with Gasteiger partial charge in [0.15, 0.2) is 5.13 Å². The van der Waals surface area contributed by atoms with Crippen LogP contribution < -0.4 is 5.32 Å². The lowest BCUT2D eigenvalue weighted by Gasteiger charge is -2.29. The quantitative estimate of drug-likeness (QED) is 0.485. The Morgan fingerprint density at radius 1 is 1.41 bits per heavy atom. The Hall–Kier alpha value is -2.73. The Morgan fingerprint density at radius 2 is 2.15 bits per heavy atom. The average molecular weight is 401 g/mol. The number of alkyl halides is 3. The number of anilines is 1. The molecule has 1 unspecified atom stereocenters. The van der Waals surface area contributed by atoms with Crippen molar-refractivity contribution >= 4 is 32.4 Å². The number of imidazole rings is 1. The number of nitro groups is 1. The fourth-order valence-electron chi connectivity index (χ4n) is 2.60. The molecule has 0 radical (unpaired) electrons. The molecule has 0 bridgehead atoms. The van der Waals surface area contributed by atoms with Crippen molar-refractivity contribution in [1.82, 2.24) is 14.5 Å². The summed E-state index contributed by atoms with van der Waals surface area (Å²) in [6, 6.07) is 4.11. The Balaban J connectivity index is 1.76. The number of non-ortho nitro benzene ring substituents is 1. The lowest BCUT2D eigenvalue weighted by Crippen LogP contribution is -2.45. The lowest BCUT2D eigenvalue weighted by atomic mass is 9.98. The molecule has 12 heteroatoms. The van der Waals surface area contributed by atoms with Crippen LogP contribution in [0.5, 0.6) is 0 Å². The van der Waals surface area contributed by atoms with E-state index in [0.717, 1.165) is 15.9 Å². The largest absolute Gasteiger partial charge is 0.424 e. The van der Waals surface area contributed by atoms with Gasteiger partial charge in [0.1, 0.15) is 5.82 Å². The zero-order valence-corrected chi connectivity index (χ0v) is 14.7. The number of aryl methyl sites for hydroxylation is 1. The molecule has 0 aliphatic carbocycles. The molecule has 0 amide bonds. The highest BCUT2D eigenvalue weighted by Crippen LogP contribution is 2.40. The predicted octanol–water partition coefficient (Wildman–Crippen LogP) is 3.19. The minimum Gasteiger partial charge on any atom is -0.374 e. The first-order valence-corrected chi connectivity index (χ1v) is 8.49. The Kier molecular flexibility index (Phi) is 4.78. The van der Waals surface area contributed by atoms with Crippen LogP contribution in [0.1, 0.15) is 12.2 Å². The van der Waals surface area contributed by atoms with Gasteiger partial charge >= 0.3 is 6.18 Å². The van der Waals surface area contributed by atoms with Crippen molar-refractivity contribution in [2.75, 3.05) is 11.9 Å². The van der Waals surface area contributed by atoms with Gasteiger partial charge in [-0.2, -0.15) is 13.2 Å². The molecule has 0 aliphatic heterocycles. The molecule has 2 N–H and O–H groups in total. The summed E-state index contributed by atoms with van der Waals surface area (Å²) in [5.74, 6) is -0.503. The number of aliphatic hydroxyl groups is 1. The molecule has 0 aliphatic rings. The molecule has 0 saturated carbocycles. The summed E-state index contributed by atoms with van der Waals surface area (Å²) in [5.41, 5.74) is -2.73. The molecule has 27 heavy (non-hydrogen) atoms. The minimum atomic E-state index is -4.91. The third-order valence-electron chi connectivity index (χ3n) is 4.01. The van der Waals surface area contributed by atoms with Crippen LogP contribution >= 0.6 is 11.3 Å². The molecule has 0 spiro atoms. The van der Waals surface area contributed by atoms with Gasteiger partial charge in [-0.25, -0.2) is 9.97 Å². The van der Waals surface area contributed by atoms with E-state index in [1.54, 1.807) is 0 Å². The van der Waals surface area contributed by atoms with E-state index in [2.05, 4.69) is 15.3 Å². The number of aromatic nitrogens is 3. The van der Waals surface area contributed by atoms with Gasteiger partial charge in [0.2, 0.25) is 5.60 Å². The number of nitro benzene ring substituents is 1. The number of rotatable bonds is 6. The predicted molar refractivity (Wildman–Crippen MR) is 92.5 cm³/mol. The number of benzene rings is 1. The molecule has 0 fully saturated rings. The van der Waals surface area contributed by atoms with Gasteiger partial charge < -0.3 is 15.0 Å². The number of fused-ring (bicyclic) bond motifs is 1.